The van der Waals surface area contributed by atoms with E-state index in [1.165, 1.54) is 18.3 Å². The fourth-order valence-corrected chi connectivity index (χ4v) is 2.72. The molecule has 0 fully saturated rings. The van der Waals surface area contributed by atoms with Crippen molar-refractivity contribution >= 4 is 15.7 Å². The number of hydrogen-bond donors (Lipinski definition) is 2. The molecule has 0 unspecified atom stereocenters. The summed E-state index contributed by atoms with van der Waals surface area (Å²) in [7, 11) is -3.63. The molecule has 0 radical (unpaired) electrons. The summed E-state index contributed by atoms with van der Waals surface area (Å²) in [5.41, 5.74) is 5.77. The van der Waals surface area contributed by atoms with E-state index >= 15 is 0 Å². The summed E-state index contributed by atoms with van der Waals surface area (Å²) in [6.07, 6.45) is 3.11. The topological polar surface area (TPSA) is 99.2 Å². The lowest BCUT2D eigenvalue weighted by molar-refractivity contribution is 0.328. The Morgan fingerprint density at radius 2 is 2.05 bits per heavy atom. The molecule has 1 heterocycles. The average Bonchev–Trinajstić information content (AvgIpc) is 2.92. The molecule has 114 valence electrons. The highest BCUT2D eigenvalue weighted by molar-refractivity contribution is 7.92. The highest BCUT2D eigenvalue weighted by Gasteiger charge is 2.15. The predicted molar refractivity (Wildman–Crippen MR) is 79.7 cm³/mol. The van der Waals surface area contributed by atoms with Crippen LogP contribution in [0.5, 0.6) is 5.75 Å². The summed E-state index contributed by atoms with van der Waals surface area (Å²) in [5.74, 6) is 0.582. The summed E-state index contributed by atoms with van der Waals surface area (Å²) in [4.78, 5) is 0.159. The first-order valence-corrected chi connectivity index (χ1v) is 8.01. The lowest BCUT2D eigenvalue weighted by Crippen LogP contribution is -2.13. The number of anilines is 1. The van der Waals surface area contributed by atoms with Gasteiger partial charge in [-0.05, 0) is 31.2 Å². The summed E-state index contributed by atoms with van der Waals surface area (Å²) < 4.78 is 33.9. The zero-order valence-electron chi connectivity index (χ0n) is 11.7. The van der Waals surface area contributed by atoms with Gasteiger partial charge in [0.25, 0.3) is 10.0 Å². The molecule has 2 aromatic rings. The van der Waals surface area contributed by atoms with Crippen molar-refractivity contribution in [3.05, 3.63) is 36.7 Å². The number of aryl methyl sites for hydroxylation is 1. The van der Waals surface area contributed by atoms with Crippen LogP contribution in [-0.4, -0.2) is 31.3 Å². The van der Waals surface area contributed by atoms with Gasteiger partial charge in [0, 0.05) is 19.3 Å². The summed E-state index contributed by atoms with van der Waals surface area (Å²) in [6.45, 7) is 3.39. The number of nitrogens with one attached hydrogen (secondary N) is 1. The van der Waals surface area contributed by atoms with Crippen molar-refractivity contribution in [2.24, 2.45) is 5.73 Å². The third-order valence-electron chi connectivity index (χ3n) is 2.73. The first kappa shape index (κ1) is 15.3. The Hall–Kier alpha value is -2.06. The van der Waals surface area contributed by atoms with Gasteiger partial charge in [-0.1, -0.05) is 0 Å². The molecule has 1 aromatic heterocycles. The van der Waals surface area contributed by atoms with Crippen molar-refractivity contribution < 1.29 is 13.2 Å². The number of benzene rings is 1. The standard InChI is InChI=1S/C13H18N4O3S/c1-2-17-10-11(9-15-17)16-21(18,19)13-5-3-12(4-6-13)20-8-7-14/h3-6,9-10,16H,2,7-8,14H2,1H3. The molecule has 0 atom stereocenters. The maximum Gasteiger partial charge on any atom is 0.261 e. The van der Waals surface area contributed by atoms with Crippen molar-refractivity contribution in [3.8, 4) is 5.75 Å². The molecule has 8 heteroatoms. The number of ether oxygens (including phenoxy) is 1. The summed E-state index contributed by atoms with van der Waals surface area (Å²) in [6, 6.07) is 6.16. The lowest BCUT2D eigenvalue weighted by Gasteiger charge is -2.08. The van der Waals surface area contributed by atoms with Gasteiger partial charge in [0.1, 0.15) is 12.4 Å². The van der Waals surface area contributed by atoms with Crippen molar-refractivity contribution in [1.82, 2.24) is 9.78 Å². The Labute approximate surface area is 123 Å². The van der Waals surface area contributed by atoms with Gasteiger partial charge < -0.3 is 10.5 Å². The molecule has 0 saturated carbocycles. The molecular weight excluding hydrogens is 292 g/mol. The normalized spacial score (nSPS) is 11.3. The van der Waals surface area contributed by atoms with Crippen molar-refractivity contribution in [3.63, 3.8) is 0 Å². The zero-order chi connectivity index (χ0) is 15.3. The van der Waals surface area contributed by atoms with Crippen LogP contribution in [0.3, 0.4) is 0 Å². The van der Waals surface area contributed by atoms with E-state index in [1.807, 2.05) is 6.92 Å². The molecule has 0 aliphatic heterocycles. The minimum absolute atomic E-state index is 0.159. The first-order valence-electron chi connectivity index (χ1n) is 6.53. The molecule has 0 aliphatic carbocycles. The van der Waals surface area contributed by atoms with Crippen LogP contribution in [0, 0.1) is 0 Å². The Balaban J connectivity index is 2.11. The number of aromatic nitrogens is 2. The van der Waals surface area contributed by atoms with Gasteiger partial charge in [0.2, 0.25) is 0 Å². The number of nitrogens with zero attached hydrogens (tertiary/aromatic N) is 2. The molecule has 0 aliphatic rings. The van der Waals surface area contributed by atoms with E-state index in [1.54, 1.807) is 23.0 Å². The molecule has 0 saturated heterocycles. The molecule has 2 rings (SSSR count). The average molecular weight is 310 g/mol. The highest BCUT2D eigenvalue weighted by Crippen LogP contribution is 2.19. The Morgan fingerprint density at radius 3 is 2.62 bits per heavy atom. The van der Waals surface area contributed by atoms with Crippen molar-refractivity contribution in [2.75, 3.05) is 17.9 Å². The van der Waals surface area contributed by atoms with E-state index in [2.05, 4.69) is 9.82 Å². The van der Waals surface area contributed by atoms with Crippen LogP contribution < -0.4 is 15.2 Å². The molecular formula is C13H18N4O3S. The number of rotatable bonds is 7. The molecule has 0 bridgehead atoms. The SMILES string of the molecule is CCn1cc(NS(=O)(=O)c2ccc(OCCN)cc2)cn1. The maximum atomic E-state index is 12.2. The number of nitrogens with two attached hydrogens (primary N) is 1. The third-order valence-corrected chi connectivity index (χ3v) is 4.13. The van der Waals surface area contributed by atoms with Gasteiger partial charge in [-0.25, -0.2) is 8.42 Å². The van der Waals surface area contributed by atoms with Gasteiger partial charge >= 0.3 is 0 Å². The van der Waals surface area contributed by atoms with E-state index in [9.17, 15) is 8.42 Å². The fraction of sp³-hybridized carbons (Fsp3) is 0.308. The molecule has 1 aromatic carbocycles. The van der Waals surface area contributed by atoms with Gasteiger partial charge in [-0.2, -0.15) is 5.10 Å². The second-order valence-electron chi connectivity index (χ2n) is 4.30. The fourth-order valence-electron chi connectivity index (χ4n) is 1.70. The Kier molecular flexibility index (Phi) is 4.81. The number of hydrogen-bond acceptors (Lipinski definition) is 5. The molecule has 0 amide bonds. The van der Waals surface area contributed by atoms with E-state index in [-0.39, 0.29) is 4.90 Å². The van der Waals surface area contributed by atoms with E-state index in [0.29, 0.717) is 31.1 Å². The zero-order valence-corrected chi connectivity index (χ0v) is 12.5. The van der Waals surface area contributed by atoms with Crippen molar-refractivity contribution in [1.29, 1.82) is 0 Å². The van der Waals surface area contributed by atoms with E-state index in [4.69, 9.17) is 10.5 Å². The Bertz CT molecular complexity index is 680. The van der Waals surface area contributed by atoms with Crippen LogP contribution in [0.2, 0.25) is 0 Å². The monoisotopic (exact) mass is 310 g/mol. The predicted octanol–water partition coefficient (Wildman–Crippen LogP) is 1.04. The Morgan fingerprint density at radius 1 is 1.33 bits per heavy atom. The van der Waals surface area contributed by atoms with Crippen LogP contribution in [0.15, 0.2) is 41.6 Å². The highest BCUT2D eigenvalue weighted by atomic mass is 32.2. The molecule has 3 N–H and O–H groups in total. The van der Waals surface area contributed by atoms with Gasteiger partial charge in [-0.15, -0.1) is 0 Å². The largest absolute Gasteiger partial charge is 0.492 e. The third kappa shape index (κ3) is 3.96. The number of sulfonamides is 1. The smallest absolute Gasteiger partial charge is 0.261 e. The first-order chi connectivity index (χ1) is 10.0. The summed E-state index contributed by atoms with van der Waals surface area (Å²) >= 11 is 0. The lowest BCUT2D eigenvalue weighted by atomic mass is 10.3. The van der Waals surface area contributed by atoms with Crippen molar-refractivity contribution in [2.45, 2.75) is 18.4 Å². The van der Waals surface area contributed by atoms with Gasteiger partial charge in [-0.3, -0.25) is 9.40 Å². The quantitative estimate of drug-likeness (QED) is 0.796. The summed E-state index contributed by atoms with van der Waals surface area (Å²) in [5, 5.41) is 4.02. The van der Waals surface area contributed by atoms with Crippen LogP contribution in [0.4, 0.5) is 5.69 Å². The molecule has 0 spiro atoms. The van der Waals surface area contributed by atoms with Crippen LogP contribution in [-0.2, 0) is 16.6 Å². The minimum Gasteiger partial charge on any atom is -0.492 e. The molecule has 7 nitrogen and oxygen atoms in total. The van der Waals surface area contributed by atoms with Crippen LogP contribution in [0.1, 0.15) is 6.92 Å². The molecule has 21 heavy (non-hydrogen) atoms. The van der Waals surface area contributed by atoms with Crippen LogP contribution in [0.25, 0.3) is 0 Å². The minimum atomic E-state index is -3.63. The van der Waals surface area contributed by atoms with Crippen LogP contribution >= 0.6 is 0 Å². The van der Waals surface area contributed by atoms with E-state index in [0.717, 1.165) is 0 Å². The van der Waals surface area contributed by atoms with E-state index < -0.39 is 10.0 Å². The second-order valence-corrected chi connectivity index (χ2v) is 5.98. The van der Waals surface area contributed by atoms with Gasteiger partial charge in [0.15, 0.2) is 0 Å². The van der Waals surface area contributed by atoms with Gasteiger partial charge in [0.05, 0.1) is 16.8 Å². The second kappa shape index (κ2) is 6.59. The maximum absolute atomic E-state index is 12.2.